The molecular weight excluding hydrogens is 339 g/mol. The molecule has 0 amide bonds. The predicted octanol–water partition coefficient (Wildman–Crippen LogP) is 1.38. The van der Waals surface area contributed by atoms with Crippen LogP contribution in [0, 0.1) is 24.2 Å². The van der Waals surface area contributed by atoms with E-state index in [1.807, 2.05) is 0 Å². The van der Waals surface area contributed by atoms with Crippen LogP contribution in [0.5, 0.6) is 5.75 Å². The highest BCUT2D eigenvalue weighted by atomic mass is 31.2. The van der Waals surface area contributed by atoms with Crippen molar-refractivity contribution in [1.29, 1.82) is 5.41 Å². The molecule has 2 atom stereocenters. The first kappa shape index (κ1) is 18.5. The van der Waals surface area contributed by atoms with Crippen molar-refractivity contribution in [3.63, 3.8) is 0 Å². The van der Waals surface area contributed by atoms with Crippen molar-refractivity contribution >= 4 is 19.5 Å². The number of aromatic nitrogens is 1. The Morgan fingerprint density at radius 1 is 1.50 bits per heavy atom. The molecule has 24 heavy (non-hydrogen) atoms. The molecule has 1 aliphatic rings. The van der Waals surface area contributed by atoms with Crippen molar-refractivity contribution < 1.29 is 33.9 Å². The number of aryl methyl sites for hydroxylation is 1. The number of carboxylic acid groups (broad SMARTS) is 1. The summed E-state index contributed by atoms with van der Waals surface area (Å²) in [6.45, 7) is 1.13. The molecular formula is C14H19N2O7P. The number of carbonyl (C=O) groups is 1. The maximum atomic E-state index is 11.1. The van der Waals surface area contributed by atoms with Gasteiger partial charge in [-0.3, -0.25) is 14.3 Å². The SMILES string of the molecule is Cc1ncc(COP(=O)(O)O)c(C[C@@H]2C[C@@H](C(=O)O)CC2=N)c1O. The predicted molar refractivity (Wildman–Crippen MR) is 82.8 cm³/mol. The summed E-state index contributed by atoms with van der Waals surface area (Å²) in [4.78, 5) is 32.7. The zero-order valence-corrected chi connectivity index (χ0v) is 13.9. The first-order valence-electron chi connectivity index (χ1n) is 7.25. The third kappa shape index (κ3) is 4.39. The van der Waals surface area contributed by atoms with Gasteiger partial charge in [-0.15, -0.1) is 0 Å². The molecule has 1 fully saturated rings. The molecule has 0 unspecified atom stereocenters. The van der Waals surface area contributed by atoms with E-state index in [0.717, 1.165) is 0 Å². The molecule has 1 aromatic rings. The van der Waals surface area contributed by atoms with Gasteiger partial charge in [0.1, 0.15) is 5.75 Å². The molecule has 0 aromatic carbocycles. The number of pyridine rings is 1. The molecule has 5 N–H and O–H groups in total. The average molecular weight is 358 g/mol. The fraction of sp³-hybridized carbons (Fsp3) is 0.500. The fourth-order valence-electron chi connectivity index (χ4n) is 2.83. The number of carboxylic acids is 1. The van der Waals surface area contributed by atoms with E-state index in [1.165, 1.54) is 6.20 Å². The number of hydrogen-bond donors (Lipinski definition) is 5. The second-order valence-electron chi connectivity index (χ2n) is 5.86. The number of nitrogens with one attached hydrogen (secondary N) is 1. The molecule has 1 saturated carbocycles. The van der Waals surface area contributed by atoms with Crippen LogP contribution in [0.4, 0.5) is 0 Å². The van der Waals surface area contributed by atoms with Gasteiger partial charge < -0.3 is 25.4 Å². The number of rotatable bonds is 6. The first-order chi connectivity index (χ1) is 11.1. The number of hydrogen-bond acceptors (Lipinski definition) is 6. The van der Waals surface area contributed by atoms with E-state index < -0.39 is 26.3 Å². The van der Waals surface area contributed by atoms with Gasteiger partial charge in [0.15, 0.2) is 0 Å². The number of nitrogens with zero attached hydrogens (tertiary/aromatic N) is 1. The Kier molecular flexibility index (Phi) is 5.39. The van der Waals surface area contributed by atoms with E-state index in [-0.39, 0.29) is 36.6 Å². The zero-order chi connectivity index (χ0) is 18.1. The minimum Gasteiger partial charge on any atom is -0.506 e. The Balaban J connectivity index is 2.25. The van der Waals surface area contributed by atoms with Crippen LogP contribution in [-0.4, -0.2) is 36.7 Å². The summed E-state index contributed by atoms with van der Waals surface area (Å²) >= 11 is 0. The van der Waals surface area contributed by atoms with Gasteiger partial charge in [0, 0.05) is 29.0 Å². The second kappa shape index (κ2) is 6.98. The van der Waals surface area contributed by atoms with Crippen molar-refractivity contribution in [2.75, 3.05) is 0 Å². The second-order valence-corrected chi connectivity index (χ2v) is 7.10. The monoisotopic (exact) mass is 358 g/mol. The van der Waals surface area contributed by atoms with Crippen LogP contribution in [0.3, 0.4) is 0 Å². The van der Waals surface area contributed by atoms with Crippen molar-refractivity contribution in [2.24, 2.45) is 11.8 Å². The van der Waals surface area contributed by atoms with Crippen LogP contribution >= 0.6 is 7.82 Å². The van der Waals surface area contributed by atoms with E-state index in [2.05, 4.69) is 9.51 Å². The quantitative estimate of drug-likeness (QED) is 0.476. The molecule has 0 aliphatic heterocycles. The number of aliphatic carboxylic acids is 1. The highest BCUT2D eigenvalue weighted by molar-refractivity contribution is 7.46. The van der Waals surface area contributed by atoms with E-state index in [4.69, 9.17) is 20.3 Å². The Morgan fingerprint density at radius 2 is 2.17 bits per heavy atom. The summed E-state index contributed by atoms with van der Waals surface area (Å²) in [5.41, 5.74) is 1.30. The minimum absolute atomic E-state index is 0.131. The minimum atomic E-state index is -4.68. The van der Waals surface area contributed by atoms with Gasteiger partial charge in [0.2, 0.25) is 0 Å². The molecule has 0 radical (unpaired) electrons. The molecule has 1 aromatic heterocycles. The molecule has 1 heterocycles. The number of phosphoric ester groups is 1. The Morgan fingerprint density at radius 3 is 2.71 bits per heavy atom. The van der Waals surface area contributed by atoms with Crippen molar-refractivity contribution in [3.05, 3.63) is 23.0 Å². The van der Waals surface area contributed by atoms with Gasteiger partial charge >= 0.3 is 13.8 Å². The Hall–Kier alpha value is -1.80. The maximum Gasteiger partial charge on any atom is 0.469 e. The lowest BCUT2D eigenvalue weighted by atomic mass is 9.92. The summed E-state index contributed by atoms with van der Waals surface area (Å²) in [6.07, 6.45) is 2.00. The topological polar surface area (TPSA) is 161 Å². The van der Waals surface area contributed by atoms with Crippen LogP contribution in [0.1, 0.15) is 29.7 Å². The van der Waals surface area contributed by atoms with E-state index >= 15 is 0 Å². The maximum absolute atomic E-state index is 11.1. The summed E-state index contributed by atoms with van der Waals surface area (Å²) < 4.78 is 15.3. The summed E-state index contributed by atoms with van der Waals surface area (Å²) in [6, 6.07) is 0. The van der Waals surface area contributed by atoms with E-state index in [0.29, 0.717) is 16.8 Å². The fourth-order valence-corrected chi connectivity index (χ4v) is 3.14. The summed E-state index contributed by atoms with van der Waals surface area (Å²) in [7, 11) is -4.68. The number of phosphoric acid groups is 1. The van der Waals surface area contributed by atoms with Gasteiger partial charge in [0.25, 0.3) is 0 Å². The molecule has 9 nitrogen and oxygen atoms in total. The van der Waals surface area contributed by atoms with Crippen LogP contribution in [0.2, 0.25) is 0 Å². The summed E-state index contributed by atoms with van der Waals surface area (Å²) in [5, 5.41) is 27.3. The first-order valence-corrected chi connectivity index (χ1v) is 8.78. The van der Waals surface area contributed by atoms with Crippen molar-refractivity contribution in [1.82, 2.24) is 4.98 Å². The lowest BCUT2D eigenvalue weighted by Crippen LogP contribution is -2.12. The number of aromatic hydroxyl groups is 1. The zero-order valence-electron chi connectivity index (χ0n) is 13.0. The lowest BCUT2D eigenvalue weighted by Gasteiger charge is -2.17. The van der Waals surface area contributed by atoms with Crippen LogP contribution in [0.25, 0.3) is 0 Å². The molecule has 2 rings (SSSR count). The molecule has 0 spiro atoms. The molecule has 0 bridgehead atoms. The van der Waals surface area contributed by atoms with Gasteiger partial charge in [-0.1, -0.05) is 0 Å². The van der Waals surface area contributed by atoms with Gasteiger partial charge in [-0.25, -0.2) is 4.57 Å². The van der Waals surface area contributed by atoms with Gasteiger partial charge in [-0.2, -0.15) is 0 Å². The molecule has 132 valence electrons. The summed E-state index contributed by atoms with van der Waals surface area (Å²) in [5.74, 6) is -2.06. The van der Waals surface area contributed by atoms with Crippen LogP contribution in [0.15, 0.2) is 6.20 Å². The van der Waals surface area contributed by atoms with Crippen LogP contribution in [-0.2, 0) is 26.9 Å². The average Bonchev–Trinajstić information content (AvgIpc) is 2.83. The van der Waals surface area contributed by atoms with Crippen LogP contribution < -0.4 is 0 Å². The van der Waals surface area contributed by atoms with Gasteiger partial charge in [0.05, 0.1) is 18.2 Å². The lowest BCUT2D eigenvalue weighted by molar-refractivity contribution is -0.141. The Labute approximate surface area is 138 Å². The van der Waals surface area contributed by atoms with Crippen molar-refractivity contribution in [3.8, 4) is 5.75 Å². The standard InChI is InChI=1S/C14H19N2O7P/c1-7-13(17)11(10(5-16-7)6-23-24(20,21)22)3-8-2-9(14(18)19)4-12(8)15/h5,8-9,15,17H,2-4,6H2,1H3,(H,18,19)(H2,20,21,22)/t8-,9+/m0/s1. The van der Waals surface area contributed by atoms with Gasteiger partial charge in [-0.05, 0) is 26.2 Å². The molecule has 10 heteroatoms. The van der Waals surface area contributed by atoms with Crippen molar-refractivity contribution in [2.45, 2.75) is 32.8 Å². The highest BCUT2D eigenvalue weighted by Gasteiger charge is 2.35. The smallest absolute Gasteiger partial charge is 0.469 e. The van der Waals surface area contributed by atoms with E-state index in [9.17, 15) is 14.5 Å². The normalized spacial score (nSPS) is 21.2. The molecule has 0 saturated heterocycles. The third-order valence-electron chi connectivity index (χ3n) is 4.15. The highest BCUT2D eigenvalue weighted by Crippen LogP contribution is 2.39. The third-order valence-corrected chi connectivity index (χ3v) is 4.61. The Bertz CT molecular complexity index is 715. The largest absolute Gasteiger partial charge is 0.506 e. The van der Waals surface area contributed by atoms with E-state index in [1.54, 1.807) is 6.92 Å². The molecule has 1 aliphatic carbocycles.